The Kier molecular flexibility index (Phi) is 9.86. The highest BCUT2D eigenvalue weighted by Crippen LogP contribution is 2.26. The molecule has 8 nitrogen and oxygen atoms in total. The molecule has 1 atom stereocenters. The van der Waals surface area contributed by atoms with Crippen LogP contribution in [0.25, 0.3) is 0 Å². The molecule has 1 aliphatic rings. The third-order valence-corrected chi connectivity index (χ3v) is 8.09. The Balaban J connectivity index is 1.53. The van der Waals surface area contributed by atoms with E-state index in [1.54, 1.807) is 36.3 Å². The molecular formula is C30H35N3O5S. The smallest absolute Gasteiger partial charge is 0.247 e. The number of aryl methyl sites for hydroxylation is 1. The van der Waals surface area contributed by atoms with Crippen molar-refractivity contribution in [3.8, 4) is 0 Å². The van der Waals surface area contributed by atoms with Crippen LogP contribution in [-0.2, 0) is 37.3 Å². The normalized spacial score (nSPS) is 14.0. The van der Waals surface area contributed by atoms with Gasteiger partial charge in [-0.05, 0) is 48.1 Å². The minimum Gasteiger partial charge on any atom is -0.383 e. The van der Waals surface area contributed by atoms with Crippen molar-refractivity contribution < 1.29 is 22.7 Å². The van der Waals surface area contributed by atoms with Crippen LogP contribution in [0, 0.1) is 0 Å². The fourth-order valence-corrected chi connectivity index (χ4v) is 5.61. The summed E-state index contributed by atoms with van der Waals surface area (Å²) in [5.74, 6) is -0.457. The Morgan fingerprint density at radius 2 is 1.56 bits per heavy atom. The second-order valence-electron chi connectivity index (χ2n) is 9.64. The first-order valence-corrected chi connectivity index (χ1v) is 14.6. The molecule has 0 saturated heterocycles. The summed E-state index contributed by atoms with van der Waals surface area (Å²) in [5, 5.41) is 2.89. The van der Waals surface area contributed by atoms with E-state index in [-0.39, 0.29) is 35.7 Å². The summed E-state index contributed by atoms with van der Waals surface area (Å²) < 4.78 is 32.7. The first-order valence-electron chi connectivity index (χ1n) is 13.1. The molecule has 0 aromatic heterocycles. The van der Waals surface area contributed by atoms with Crippen molar-refractivity contribution in [3.63, 3.8) is 0 Å². The molecule has 1 aliphatic carbocycles. The van der Waals surface area contributed by atoms with Crippen molar-refractivity contribution in [1.29, 1.82) is 0 Å². The Labute approximate surface area is 230 Å². The number of nitrogens with zero attached hydrogens (tertiary/aromatic N) is 1. The number of amides is 2. The number of carbonyl (C=O) groups is 2. The first kappa shape index (κ1) is 28.5. The maximum Gasteiger partial charge on any atom is 0.247 e. The van der Waals surface area contributed by atoms with Crippen LogP contribution < -0.4 is 10.0 Å². The molecule has 0 heterocycles. The number of rotatable bonds is 14. The van der Waals surface area contributed by atoms with Crippen molar-refractivity contribution in [3.05, 3.63) is 102 Å². The van der Waals surface area contributed by atoms with Crippen LogP contribution in [-0.4, -0.2) is 51.4 Å². The number of ether oxygens (including phenoxy) is 1. The van der Waals surface area contributed by atoms with Crippen LogP contribution in [0.15, 0.2) is 89.8 Å². The average Bonchev–Trinajstić information content (AvgIpc) is 3.76. The summed E-state index contributed by atoms with van der Waals surface area (Å²) >= 11 is 0. The molecule has 39 heavy (non-hydrogen) atoms. The number of hydrogen-bond acceptors (Lipinski definition) is 5. The molecular weight excluding hydrogens is 514 g/mol. The monoisotopic (exact) mass is 549 g/mol. The van der Waals surface area contributed by atoms with Crippen LogP contribution >= 0.6 is 0 Å². The third kappa shape index (κ3) is 8.23. The highest BCUT2D eigenvalue weighted by atomic mass is 32.2. The van der Waals surface area contributed by atoms with Crippen LogP contribution in [0.4, 0.5) is 0 Å². The summed E-state index contributed by atoms with van der Waals surface area (Å²) in [7, 11) is -1.97. The molecule has 0 bridgehead atoms. The topological polar surface area (TPSA) is 105 Å². The first-order chi connectivity index (χ1) is 18.9. The standard InChI is InChI=1S/C30H35N3O5S/c1-38-21-20-31-30(35)29(25-10-6-3-7-11-25)33(22-24-8-4-2-5-9-24)28(34)19-14-23-12-17-27(18-13-23)39(36,37)32-26-15-16-26/h2-13,17-18,26,29,32H,14-16,19-22H2,1H3,(H,31,35)/t29-/m1/s1. The van der Waals surface area contributed by atoms with E-state index in [4.69, 9.17) is 4.74 Å². The van der Waals surface area contributed by atoms with E-state index in [0.29, 0.717) is 19.6 Å². The van der Waals surface area contributed by atoms with Crippen LogP contribution in [0.1, 0.15) is 42.0 Å². The molecule has 0 aliphatic heterocycles. The highest BCUT2D eigenvalue weighted by Gasteiger charge is 2.31. The van der Waals surface area contributed by atoms with Crippen molar-refractivity contribution in [1.82, 2.24) is 14.9 Å². The van der Waals surface area contributed by atoms with Crippen molar-refractivity contribution in [2.75, 3.05) is 20.3 Å². The lowest BCUT2D eigenvalue weighted by Crippen LogP contribution is -2.44. The lowest BCUT2D eigenvalue weighted by Gasteiger charge is -2.32. The third-order valence-electron chi connectivity index (χ3n) is 6.56. The van der Waals surface area contributed by atoms with Gasteiger partial charge in [0.1, 0.15) is 6.04 Å². The summed E-state index contributed by atoms with van der Waals surface area (Å²) in [6, 6.07) is 24.7. The molecule has 206 valence electrons. The SMILES string of the molecule is COCCNC(=O)[C@@H](c1ccccc1)N(Cc1ccccc1)C(=O)CCc1ccc(S(=O)(=O)NC2CC2)cc1. The van der Waals surface area contributed by atoms with Gasteiger partial charge in [0, 0.05) is 32.7 Å². The minimum atomic E-state index is -3.53. The Bertz CT molecular complexity index is 1330. The zero-order valence-corrected chi connectivity index (χ0v) is 22.9. The van der Waals surface area contributed by atoms with Gasteiger partial charge in [0.15, 0.2) is 0 Å². The molecule has 3 aromatic rings. The molecule has 3 aromatic carbocycles. The number of benzene rings is 3. The van der Waals surface area contributed by atoms with Gasteiger partial charge >= 0.3 is 0 Å². The molecule has 1 saturated carbocycles. The van der Waals surface area contributed by atoms with Gasteiger partial charge < -0.3 is 15.0 Å². The zero-order valence-electron chi connectivity index (χ0n) is 22.1. The Morgan fingerprint density at radius 3 is 2.18 bits per heavy atom. The van der Waals surface area contributed by atoms with Gasteiger partial charge in [-0.15, -0.1) is 0 Å². The minimum absolute atomic E-state index is 0.0344. The molecule has 0 unspecified atom stereocenters. The lowest BCUT2D eigenvalue weighted by molar-refractivity contribution is -0.141. The van der Waals surface area contributed by atoms with E-state index < -0.39 is 16.1 Å². The molecule has 0 spiro atoms. The molecule has 2 amide bonds. The largest absolute Gasteiger partial charge is 0.383 e. The van der Waals surface area contributed by atoms with Gasteiger partial charge in [0.25, 0.3) is 0 Å². The van der Waals surface area contributed by atoms with Crippen LogP contribution in [0.5, 0.6) is 0 Å². The van der Waals surface area contributed by atoms with Crippen molar-refractivity contribution in [2.45, 2.75) is 49.2 Å². The number of methoxy groups -OCH3 is 1. The van der Waals surface area contributed by atoms with Gasteiger partial charge in [-0.1, -0.05) is 72.8 Å². The van der Waals surface area contributed by atoms with Crippen molar-refractivity contribution >= 4 is 21.8 Å². The Morgan fingerprint density at radius 1 is 0.923 bits per heavy atom. The van der Waals surface area contributed by atoms with Gasteiger partial charge in [-0.25, -0.2) is 13.1 Å². The van der Waals surface area contributed by atoms with E-state index in [2.05, 4.69) is 10.0 Å². The summed E-state index contributed by atoms with van der Waals surface area (Å²) in [6.45, 7) is 0.958. The van der Waals surface area contributed by atoms with Gasteiger partial charge in [0.2, 0.25) is 21.8 Å². The Hall–Kier alpha value is -3.53. The van der Waals surface area contributed by atoms with Gasteiger partial charge in [-0.2, -0.15) is 0 Å². The van der Waals surface area contributed by atoms with Gasteiger partial charge in [0.05, 0.1) is 11.5 Å². The maximum atomic E-state index is 13.7. The van der Waals surface area contributed by atoms with Crippen LogP contribution in [0.2, 0.25) is 0 Å². The predicted octanol–water partition coefficient (Wildman–Crippen LogP) is 3.59. The summed E-state index contributed by atoms with van der Waals surface area (Å²) in [6.07, 6.45) is 2.31. The number of sulfonamides is 1. The molecule has 4 rings (SSSR count). The fourth-order valence-electron chi connectivity index (χ4n) is 4.30. The fraction of sp³-hybridized carbons (Fsp3) is 0.333. The van der Waals surface area contributed by atoms with E-state index in [1.807, 2.05) is 60.7 Å². The lowest BCUT2D eigenvalue weighted by atomic mass is 10.0. The summed E-state index contributed by atoms with van der Waals surface area (Å²) in [5.41, 5.74) is 2.47. The van der Waals surface area contributed by atoms with E-state index in [0.717, 1.165) is 29.5 Å². The van der Waals surface area contributed by atoms with E-state index in [1.165, 1.54) is 0 Å². The second-order valence-corrected chi connectivity index (χ2v) is 11.4. The van der Waals surface area contributed by atoms with Crippen molar-refractivity contribution in [2.24, 2.45) is 0 Å². The second kappa shape index (κ2) is 13.5. The molecule has 2 N–H and O–H groups in total. The molecule has 9 heteroatoms. The average molecular weight is 550 g/mol. The predicted molar refractivity (Wildman–Crippen MR) is 149 cm³/mol. The highest BCUT2D eigenvalue weighted by molar-refractivity contribution is 7.89. The molecule has 0 radical (unpaired) electrons. The number of hydrogen-bond donors (Lipinski definition) is 2. The van der Waals surface area contributed by atoms with E-state index >= 15 is 0 Å². The maximum absolute atomic E-state index is 13.7. The molecule has 1 fully saturated rings. The van der Waals surface area contributed by atoms with E-state index in [9.17, 15) is 18.0 Å². The van der Waals surface area contributed by atoms with Gasteiger partial charge in [-0.3, -0.25) is 9.59 Å². The number of nitrogens with one attached hydrogen (secondary N) is 2. The quantitative estimate of drug-likeness (QED) is 0.299. The van der Waals surface area contributed by atoms with Crippen LogP contribution in [0.3, 0.4) is 0 Å². The number of carbonyl (C=O) groups excluding carboxylic acids is 2. The zero-order chi connectivity index (χ0) is 27.7. The summed E-state index contributed by atoms with van der Waals surface area (Å²) in [4.78, 5) is 29.0.